The third kappa shape index (κ3) is 9.94. The predicted octanol–water partition coefficient (Wildman–Crippen LogP) is 7.93. The van der Waals surface area contributed by atoms with Crippen LogP contribution >= 0.6 is 11.8 Å². The minimum atomic E-state index is -0.584. The summed E-state index contributed by atoms with van der Waals surface area (Å²) in [5, 5.41) is 10.7. The van der Waals surface area contributed by atoms with Crippen molar-refractivity contribution in [3.05, 3.63) is 156 Å². The van der Waals surface area contributed by atoms with E-state index >= 15 is 0 Å². The summed E-state index contributed by atoms with van der Waals surface area (Å²) in [6.45, 7) is 3.74. The molecule has 0 saturated heterocycles. The molecule has 4 N–H and O–H groups in total. The fraction of sp³-hybridized carbons (Fsp3) is 0.100. The van der Waals surface area contributed by atoms with Gasteiger partial charge in [-0.3, -0.25) is 19.2 Å². The van der Waals surface area contributed by atoms with E-state index in [0.29, 0.717) is 40.5 Å². The molecule has 0 aliphatic rings. The summed E-state index contributed by atoms with van der Waals surface area (Å²) in [6.07, 6.45) is 1.59. The summed E-state index contributed by atoms with van der Waals surface area (Å²) in [5.41, 5.74) is 3.62. The lowest BCUT2D eigenvalue weighted by molar-refractivity contribution is -0.116. The topological polar surface area (TPSA) is 126 Å². The Bertz CT molecular complexity index is 1970. The zero-order chi connectivity index (χ0) is 35.3. The van der Waals surface area contributed by atoms with Crippen molar-refractivity contribution in [2.24, 2.45) is 0 Å². The van der Waals surface area contributed by atoms with Gasteiger partial charge in [0, 0.05) is 40.0 Å². The number of hydrogen-bond donors (Lipinski definition) is 4. The molecule has 0 saturated carbocycles. The highest BCUT2D eigenvalue weighted by Crippen LogP contribution is 2.37. The van der Waals surface area contributed by atoms with Crippen LogP contribution in [0.2, 0.25) is 0 Å². The van der Waals surface area contributed by atoms with Crippen LogP contribution < -0.4 is 26.0 Å². The average Bonchev–Trinajstić information content (AvgIpc) is 3.13. The zero-order valence-electron chi connectivity index (χ0n) is 27.5. The Morgan fingerprint density at radius 2 is 1.24 bits per heavy atom. The van der Waals surface area contributed by atoms with Gasteiger partial charge in [0.2, 0.25) is 11.8 Å². The number of ether oxygens (including phenoxy) is 1. The molecule has 0 aromatic heterocycles. The normalized spacial score (nSPS) is 11.5. The highest BCUT2D eigenvalue weighted by molar-refractivity contribution is 8.00. The van der Waals surface area contributed by atoms with E-state index in [1.807, 2.05) is 67.6 Å². The maximum absolute atomic E-state index is 13.6. The van der Waals surface area contributed by atoms with Crippen LogP contribution in [0, 0.1) is 0 Å². The van der Waals surface area contributed by atoms with E-state index in [9.17, 15) is 19.2 Å². The van der Waals surface area contributed by atoms with Crippen molar-refractivity contribution >= 4 is 58.5 Å². The van der Waals surface area contributed by atoms with Gasteiger partial charge in [-0.2, -0.15) is 0 Å². The summed E-state index contributed by atoms with van der Waals surface area (Å²) in [6, 6.07) is 39.4. The summed E-state index contributed by atoms with van der Waals surface area (Å²) in [5.74, 6) is -0.770. The number of amides is 4. The summed E-state index contributed by atoms with van der Waals surface area (Å²) < 4.78 is 5.74. The van der Waals surface area contributed by atoms with E-state index in [0.717, 1.165) is 10.5 Å². The van der Waals surface area contributed by atoms with Gasteiger partial charge in [0.05, 0.1) is 6.61 Å². The number of carbonyl (C=O) groups excluding carboxylic acids is 4. The van der Waals surface area contributed by atoms with E-state index in [1.54, 1.807) is 78.9 Å². The molecule has 5 aromatic carbocycles. The largest absolute Gasteiger partial charge is 0.493 e. The molecule has 1 unspecified atom stereocenters. The lowest BCUT2D eigenvalue weighted by Gasteiger charge is -2.18. The Kier molecular flexibility index (Phi) is 12.2. The third-order valence-corrected chi connectivity index (χ3v) is 8.49. The second kappa shape index (κ2) is 17.3. The first kappa shape index (κ1) is 35.2. The van der Waals surface area contributed by atoms with Gasteiger partial charge in [0.15, 0.2) is 0 Å². The van der Waals surface area contributed by atoms with Gasteiger partial charge in [-0.1, -0.05) is 66.7 Å². The zero-order valence-corrected chi connectivity index (χ0v) is 28.3. The van der Waals surface area contributed by atoms with E-state index in [4.69, 9.17) is 4.74 Å². The molecule has 0 aliphatic heterocycles. The first-order valence-corrected chi connectivity index (χ1v) is 16.8. The molecular weight excluding hydrogens is 649 g/mol. The number of para-hydroxylation sites is 1. The van der Waals surface area contributed by atoms with Crippen molar-refractivity contribution in [3.63, 3.8) is 0 Å². The molecule has 0 fully saturated rings. The molecule has 0 spiro atoms. The van der Waals surface area contributed by atoms with Crippen LogP contribution in [0.25, 0.3) is 6.08 Å². The first-order chi connectivity index (χ1) is 24.3. The Hall–Kier alpha value is -6.13. The van der Waals surface area contributed by atoms with Crippen molar-refractivity contribution in [1.29, 1.82) is 0 Å². The number of rotatable bonds is 13. The lowest BCUT2D eigenvalue weighted by atomic mass is 10.1. The van der Waals surface area contributed by atoms with Gasteiger partial charge < -0.3 is 26.0 Å². The van der Waals surface area contributed by atoms with Crippen molar-refractivity contribution in [1.82, 2.24) is 5.32 Å². The maximum atomic E-state index is 13.6. The molecule has 10 heteroatoms. The van der Waals surface area contributed by atoms with Crippen molar-refractivity contribution in [2.75, 3.05) is 22.6 Å². The molecule has 9 nitrogen and oxygen atoms in total. The second-order valence-corrected chi connectivity index (χ2v) is 12.2. The molecule has 0 radical (unpaired) electrons. The molecule has 50 heavy (non-hydrogen) atoms. The van der Waals surface area contributed by atoms with Gasteiger partial charge >= 0.3 is 0 Å². The minimum absolute atomic E-state index is 0.0374. The fourth-order valence-electron chi connectivity index (χ4n) is 4.88. The summed E-state index contributed by atoms with van der Waals surface area (Å²) in [7, 11) is 0. The van der Waals surface area contributed by atoms with Gasteiger partial charge in [-0.05, 0) is 85.3 Å². The van der Waals surface area contributed by atoms with Gasteiger partial charge in [-0.25, -0.2) is 0 Å². The average molecular weight is 685 g/mol. The second-order valence-electron chi connectivity index (χ2n) is 11.0. The maximum Gasteiger partial charge on any atom is 0.272 e. The van der Waals surface area contributed by atoms with Crippen LogP contribution in [0.3, 0.4) is 0 Å². The van der Waals surface area contributed by atoms with Crippen molar-refractivity contribution < 1.29 is 23.9 Å². The Morgan fingerprint density at radius 3 is 1.88 bits per heavy atom. The van der Waals surface area contributed by atoms with Crippen LogP contribution in [-0.4, -0.2) is 30.2 Å². The minimum Gasteiger partial charge on any atom is -0.493 e. The van der Waals surface area contributed by atoms with E-state index < -0.39 is 17.1 Å². The highest BCUT2D eigenvalue weighted by atomic mass is 32.2. The molecule has 0 bridgehead atoms. The van der Waals surface area contributed by atoms with E-state index in [2.05, 4.69) is 21.3 Å². The third-order valence-electron chi connectivity index (χ3n) is 7.23. The SMILES string of the molecule is CCOc1ccccc1/C=C(\NC(=O)c1ccccc1)C(=O)Nc1ccc(SC(C(=O)Nc2ccc(NC(C)=O)cc2)c2ccccc2)cc1. The molecule has 5 aromatic rings. The van der Waals surface area contributed by atoms with Gasteiger partial charge in [0.25, 0.3) is 11.8 Å². The summed E-state index contributed by atoms with van der Waals surface area (Å²) in [4.78, 5) is 52.4. The van der Waals surface area contributed by atoms with Crippen molar-refractivity contribution in [2.45, 2.75) is 24.0 Å². The number of thioether (sulfide) groups is 1. The van der Waals surface area contributed by atoms with Crippen LogP contribution in [0.5, 0.6) is 5.75 Å². The van der Waals surface area contributed by atoms with Crippen LogP contribution in [0.15, 0.2) is 144 Å². The fourth-order valence-corrected chi connectivity index (χ4v) is 5.91. The smallest absolute Gasteiger partial charge is 0.272 e. The van der Waals surface area contributed by atoms with E-state index in [-0.39, 0.29) is 17.5 Å². The highest BCUT2D eigenvalue weighted by Gasteiger charge is 2.23. The Morgan fingerprint density at radius 1 is 0.680 bits per heavy atom. The van der Waals surface area contributed by atoms with Crippen molar-refractivity contribution in [3.8, 4) is 5.75 Å². The molecular formula is C40H36N4O5S. The van der Waals surface area contributed by atoms with Gasteiger partial charge in [0.1, 0.15) is 16.7 Å². The monoisotopic (exact) mass is 684 g/mol. The number of anilines is 3. The number of benzene rings is 5. The molecule has 0 aliphatic carbocycles. The number of nitrogens with one attached hydrogen (secondary N) is 4. The predicted molar refractivity (Wildman–Crippen MR) is 199 cm³/mol. The van der Waals surface area contributed by atoms with Crippen LogP contribution in [0.4, 0.5) is 17.1 Å². The van der Waals surface area contributed by atoms with Crippen LogP contribution in [0.1, 0.15) is 40.6 Å². The number of carbonyl (C=O) groups is 4. The first-order valence-electron chi connectivity index (χ1n) is 15.9. The van der Waals surface area contributed by atoms with Crippen LogP contribution in [-0.2, 0) is 14.4 Å². The summed E-state index contributed by atoms with van der Waals surface area (Å²) >= 11 is 1.36. The molecule has 0 heterocycles. The lowest BCUT2D eigenvalue weighted by Crippen LogP contribution is -2.30. The Balaban J connectivity index is 1.33. The Labute approximate surface area is 295 Å². The standard InChI is InChI=1S/C40H36N4O5S/c1-3-49-36-17-11-10-16-30(36)26-35(44-38(46)29-14-8-5-9-15-29)39(47)42-33-22-24-34(25-23-33)50-37(28-12-6-4-7-13-28)40(48)43-32-20-18-31(19-21-32)41-27(2)45/h4-26,37H,3H2,1-2H3,(H,41,45)(H,42,47)(H,43,48)(H,44,46)/b35-26-. The molecule has 5 rings (SSSR count). The molecule has 1 atom stereocenters. The quantitative estimate of drug-likeness (QED) is 0.0738. The van der Waals surface area contributed by atoms with E-state index in [1.165, 1.54) is 18.7 Å². The molecule has 252 valence electrons. The molecule has 4 amide bonds. The van der Waals surface area contributed by atoms with Gasteiger partial charge in [-0.15, -0.1) is 11.8 Å². The number of hydrogen-bond acceptors (Lipinski definition) is 6.